The quantitative estimate of drug-likeness (QED) is 0.686. The van der Waals surface area contributed by atoms with Crippen molar-refractivity contribution in [1.29, 1.82) is 0 Å². The third-order valence-corrected chi connectivity index (χ3v) is 2.90. The van der Waals surface area contributed by atoms with E-state index in [1.165, 1.54) is 0 Å². The van der Waals surface area contributed by atoms with Crippen LogP contribution in [0.4, 0.5) is 0 Å². The normalized spacial score (nSPS) is 11.0. The number of hydrogen-bond donors (Lipinski definition) is 2. The van der Waals surface area contributed by atoms with Gasteiger partial charge in [-0.2, -0.15) is 0 Å². The fraction of sp³-hybridized carbons (Fsp3) is 0.143. The van der Waals surface area contributed by atoms with Gasteiger partial charge in [0.05, 0.1) is 0 Å². The Hall–Kier alpha value is -2.36. The topological polar surface area (TPSA) is 61.8 Å². The molecule has 0 saturated carbocycles. The molecule has 0 atom stereocenters. The molecule has 0 spiro atoms. The Balaban J connectivity index is 2.38. The Morgan fingerprint density at radius 3 is 2.78 bits per heavy atom. The highest BCUT2D eigenvalue weighted by molar-refractivity contribution is 5.96. The van der Waals surface area contributed by atoms with Crippen molar-refractivity contribution < 1.29 is 5.11 Å². The Kier molecular flexibility index (Phi) is 2.30. The first kappa shape index (κ1) is 10.8. The van der Waals surface area contributed by atoms with Crippen LogP contribution in [0.1, 0.15) is 11.4 Å². The van der Waals surface area contributed by atoms with E-state index in [0.29, 0.717) is 5.52 Å². The number of aromatic hydroxyl groups is 1. The smallest absolute Gasteiger partial charge is 0.141 e. The summed E-state index contributed by atoms with van der Waals surface area (Å²) in [5.41, 5.74) is 3.43. The molecule has 0 amide bonds. The summed E-state index contributed by atoms with van der Waals surface area (Å²) in [5, 5.41) is 10.8. The fourth-order valence-corrected chi connectivity index (χ4v) is 2.11. The highest BCUT2D eigenvalue weighted by atomic mass is 16.3. The lowest BCUT2D eigenvalue weighted by Gasteiger charge is -2.06. The molecule has 0 unspecified atom stereocenters. The molecule has 0 radical (unpaired) electrons. The van der Waals surface area contributed by atoms with Gasteiger partial charge in [0.2, 0.25) is 0 Å². The van der Waals surface area contributed by atoms with Crippen LogP contribution in [0.2, 0.25) is 0 Å². The van der Waals surface area contributed by atoms with Gasteiger partial charge >= 0.3 is 0 Å². The lowest BCUT2D eigenvalue weighted by molar-refractivity contribution is 0.480. The summed E-state index contributed by atoms with van der Waals surface area (Å²) in [5.74, 6) is 0.995. The standard InChI is InChI=1S/C14H13N3O/c1-8-6-11(14-15-7-9(2)17-14)10-4-3-5-12(18)13(10)16-8/h3-7,18H,1-2H3,(H,15,17). The largest absolute Gasteiger partial charge is 0.506 e. The van der Waals surface area contributed by atoms with Crippen LogP contribution in [0.25, 0.3) is 22.3 Å². The molecule has 0 bridgehead atoms. The summed E-state index contributed by atoms with van der Waals surface area (Å²) in [4.78, 5) is 11.9. The number of pyridine rings is 1. The number of benzene rings is 1. The number of aromatic amines is 1. The van der Waals surface area contributed by atoms with Gasteiger partial charge in [0.1, 0.15) is 17.1 Å². The number of para-hydroxylation sites is 1. The van der Waals surface area contributed by atoms with Crippen LogP contribution in [0.15, 0.2) is 30.5 Å². The van der Waals surface area contributed by atoms with E-state index in [4.69, 9.17) is 0 Å². The Morgan fingerprint density at radius 2 is 2.06 bits per heavy atom. The zero-order chi connectivity index (χ0) is 12.7. The zero-order valence-corrected chi connectivity index (χ0v) is 10.2. The predicted molar refractivity (Wildman–Crippen MR) is 70.5 cm³/mol. The Labute approximate surface area is 104 Å². The third kappa shape index (κ3) is 1.62. The molecule has 2 aromatic heterocycles. The number of imidazole rings is 1. The van der Waals surface area contributed by atoms with Crippen molar-refractivity contribution in [3.63, 3.8) is 0 Å². The summed E-state index contributed by atoms with van der Waals surface area (Å²) in [6.07, 6.45) is 1.79. The van der Waals surface area contributed by atoms with E-state index in [0.717, 1.165) is 28.2 Å². The van der Waals surface area contributed by atoms with Crippen molar-refractivity contribution in [1.82, 2.24) is 15.0 Å². The first-order valence-electron chi connectivity index (χ1n) is 5.76. The molecule has 3 aromatic rings. The summed E-state index contributed by atoms with van der Waals surface area (Å²) < 4.78 is 0. The van der Waals surface area contributed by atoms with Gasteiger partial charge < -0.3 is 10.1 Å². The molecule has 0 saturated heterocycles. The van der Waals surface area contributed by atoms with Crippen LogP contribution in [0.3, 0.4) is 0 Å². The maximum absolute atomic E-state index is 9.88. The van der Waals surface area contributed by atoms with Gasteiger partial charge in [-0.1, -0.05) is 12.1 Å². The number of phenolic OH excluding ortho intramolecular Hbond substituents is 1. The van der Waals surface area contributed by atoms with E-state index < -0.39 is 0 Å². The van der Waals surface area contributed by atoms with E-state index in [9.17, 15) is 5.11 Å². The zero-order valence-electron chi connectivity index (χ0n) is 10.2. The van der Waals surface area contributed by atoms with Crippen LogP contribution in [0.5, 0.6) is 5.75 Å². The molecule has 0 fully saturated rings. The number of aryl methyl sites for hydroxylation is 2. The number of nitrogens with zero attached hydrogens (tertiary/aromatic N) is 2. The van der Waals surface area contributed by atoms with Crippen molar-refractivity contribution in [3.05, 3.63) is 41.9 Å². The van der Waals surface area contributed by atoms with Crippen molar-refractivity contribution in [2.45, 2.75) is 13.8 Å². The van der Waals surface area contributed by atoms with Crippen LogP contribution in [-0.4, -0.2) is 20.1 Å². The van der Waals surface area contributed by atoms with E-state index in [-0.39, 0.29) is 5.75 Å². The van der Waals surface area contributed by atoms with Gasteiger partial charge in [-0.25, -0.2) is 9.97 Å². The van der Waals surface area contributed by atoms with E-state index >= 15 is 0 Å². The predicted octanol–water partition coefficient (Wildman–Crippen LogP) is 2.95. The molecule has 4 nitrogen and oxygen atoms in total. The summed E-state index contributed by atoms with van der Waals surface area (Å²) in [6.45, 7) is 3.87. The third-order valence-electron chi connectivity index (χ3n) is 2.90. The number of nitrogens with one attached hydrogen (secondary N) is 1. The summed E-state index contributed by atoms with van der Waals surface area (Å²) >= 11 is 0. The number of phenols is 1. The number of rotatable bonds is 1. The van der Waals surface area contributed by atoms with Gasteiger partial charge in [0, 0.05) is 28.5 Å². The minimum absolute atomic E-state index is 0.195. The van der Waals surface area contributed by atoms with E-state index in [1.807, 2.05) is 32.0 Å². The van der Waals surface area contributed by atoms with Crippen molar-refractivity contribution in [2.24, 2.45) is 0 Å². The molecule has 90 valence electrons. The molecule has 18 heavy (non-hydrogen) atoms. The minimum Gasteiger partial charge on any atom is -0.506 e. The maximum Gasteiger partial charge on any atom is 0.141 e. The lowest BCUT2D eigenvalue weighted by atomic mass is 10.1. The minimum atomic E-state index is 0.195. The number of hydrogen-bond acceptors (Lipinski definition) is 3. The highest BCUT2D eigenvalue weighted by Crippen LogP contribution is 2.30. The van der Waals surface area contributed by atoms with E-state index in [2.05, 4.69) is 15.0 Å². The molecular weight excluding hydrogens is 226 g/mol. The monoisotopic (exact) mass is 239 g/mol. The Bertz CT molecular complexity index is 731. The number of fused-ring (bicyclic) bond motifs is 1. The number of H-pyrrole nitrogens is 1. The molecule has 0 aliphatic heterocycles. The molecule has 2 N–H and O–H groups in total. The summed E-state index contributed by atoms with van der Waals surface area (Å²) in [7, 11) is 0. The molecule has 1 aromatic carbocycles. The van der Waals surface area contributed by atoms with Gasteiger partial charge in [0.15, 0.2) is 0 Å². The highest BCUT2D eigenvalue weighted by Gasteiger charge is 2.11. The van der Waals surface area contributed by atoms with Gasteiger partial charge in [-0.3, -0.25) is 0 Å². The average Bonchev–Trinajstić information content (AvgIpc) is 2.76. The van der Waals surface area contributed by atoms with Crippen LogP contribution in [0, 0.1) is 13.8 Å². The van der Waals surface area contributed by atoms with Gasteiger partial charge in [-0.05, 0) is 26.0 Å². The Morgan fingerprint density at radius 1 is 1.22 bits per heavy atom. The van der Waals surface area contributed by atoms with Crippen LogP contribution < -0.4 is 0 Å². The second-order valence-corrected chi connectivity index (χ2v) is 4.40. The van der Waals surface area contributed by atoms with Crippen LogP contribution in [-0.2, 0) is 0 Å². The first-order chi connectivity index (χ1) is 8.65. The van der Waals surface area contributed by atoms with Crippen molar-refractivity contribution in [3.8, 4) is 17.1 Å². The average molecular weight is 239 g/mol. The van der Waals surface area contributed by atoms with Crippen LogP contribution >= 0.6 is 0 Å². The fourth-order valence-electron chi connectivity index (χ4n) is 2.11. The molecule has 2 heterocycles. The SMILES string of the molecule is Cc1cc(-c2ncc(C)[nH]2)c2cccc(O)c2n1. The molecule has 4 heteroatoms. The molecule has 3 rings (SSSR count). The maximum atomic E-state index is 9.88. The number of aromatic nitrogens is 3. The van der Waals surface area contributed by atoms with E-state index in [1.54, 1.807) is 12.3 Å². The van der Waals surface area contributed by atoms with Gasteiger partial charge in [0.25, 0.3) is 0 Å². The van der Waals surface area contributed by atoms with Crippen molar-refractivity contribution in [2.75, 3.05) is 0 Å². The first-order valence-corrected chi connectivity index (χ1v) is 5.76. The molecule has 0 aliphatic rings. The van der Waals surface area contributed by atoms with Crippen molar-refractivity contribution >= 4 is 10.9 Å². The molecule has 0 aliphatic carbocycles. The second-order valence-electron chi connectivity index (χ2n) is 4.40. The summed E-state index contributed by atoms with van der Waals surface area (Å²) in [6, 6.07) is 7.37. The lowest BCUT2D eigenvalue weighted by Crippen LogP contribution is -1.90. The van der Waals surface area contributed by atoms with Gasteiger partial charge in [-0.15, -0.1) is 0 Å². The second kappa shape index (κ2) is 3.84. The molecular formula is C14H13N3O.